The first-order valence-corrected chi connectivity index (χ1v) is 14.7. The fourth-order valence-electron chi connectivity index (χ4n) is 5.67. The number of nitrogens with zero attached hydrogens (tertiary/aromatic N) is 2. The number of esters is 1. The van der Waals surface area contributed by atoms with Crippen LogP contribution in [0.25, 0.3) is 33.3 Å². The number of carbonyl (C=O) groups is 1. The first-order chi connectivity index (χ1) is 20.0. The second kappa shape index (κ2) is 11.9. The molecule has 3 aromatic carbocycles. The summed E-state index contributed by atoms with van der Waals surface area (Å²) in [6, 6.07) is 17.8. The molecule has 0 unspecified atom stereocenters. The molecule has 8 heteroatoms. The molecule has 0 saturated heterocycles. The number of carbonyl (C=O) groups excluding carboxylic acids is 1. The molecule has 6 nitrogen and oxygen atoms in total. The van der Waals surface area contributed by atoms with E-state index in [0.29, 0.717) is 26.9 Å². The van der Waals surface area contributed by atoms with Crippen molar-refractivity contribution in [1.82, 2.24) is 9.72 Å². The van der Waals surface area contributed by atoms with Crippen LogP contribution in [-0.2, 0) is 11.3 Å². The van der Waals surface area contributed by atoms with Gasteiger partial charge in [-0.25, -0.2) is 4.79 Å². The predicted octanol–water partition coefficient (Wildman–Crippen LogP) is 9.96. The number of methoxy groups -OCH3 is 1. The summed E-state index contributed by atoms with van der Waals surface area (Å²) < 4.78 is 19.3. The van der Waals surface area contributed by atoms with Gasteiger partial charge in [0, 0.05) is 34.1 Å². The molecule has 0 radical (unpaired) electrons. The Labute approximate surface area is 256 Å². The second-order valence-electron chi connectivity index (χ2n) is 11.0. The average Bonchev–Trinajstić information content (AvgIpc) is 3.49. The molecule has 0 aliphatic carbocycles. The number of aromatic nitrogens is 2. The van der Waals surface area contributed by atoms with Crippen LogP contribution in [0.5, 0.6) is 5.75 Å². The zero-order valence-electron chi connectivity index (χ0n) is 24.8. The molecule has 0 N–H and O–H groups in total. The van der Waals surface area contributed by atoms with E-state index in [1.807, 2.05) is 45.0 Å². The molecule has 2 heterocycles. The first kappa shape index (κ1) is 29.7. The van der Waals surface area contributed by atoms with Crippen molar-refractivity contribution in [1.29, 1.82) is 0 Å². The van der Waals surface area contributed by atoms with Crippen molar-refractivity contribution < 1.29 is 18.8 Å². The van der Waals surface area contributed by atoms with E-state index >= 15 is 0 Å². The molecule has 0 aliphatic rings. The number of halogens is 2. The molecule has 218 valence electrons. The van der Waals surface area contributed by atoms with Gasteiger partial charge in [-0.05, 0) is 74.7 Å². The minimum absolute atomic E-state index is 0.0956. The molecule has 0 saturated carbocycles. The Bertz CT molecular complexity index is 1780. The summed E-state index contributed by atoms with van der Waals surface area (Å²) >= 11 is 13.0. The lowest BCUT2D eigenvalue weighted by Crippen LogP contribution is -2.06. The van der Waals surface area contributed by atoms with E-state index < -0.39 is 0 Å². The van der Waals surface area contributed by atoms with Crippen molar-refractivity contribution in [3.8, 4) is 28.1 Å². The maximum atomic E-state index is 12.6. The quantitative estimate of drug-likeness (QED) is 0.165. The molecule has 0 bridgehead atoms. The maximum Gasteiger partial charge on any atom is 0.340 e. The van der Waals surface area contributed by atoms with Gasteiger partial charge in [0.25, 0.3) is 0 Å². The SMILES string of the molecule is COC(=O)c1c(C)n(C(C)C)c2cc(-c3ccc(OCc4c(-c5c(Cl)cccc5Cl)noc4C(C)C)cc3C)ccc12. The van der Waals surface area contributed by atoms with Gasteiger partial charge in [0.1, 0.15) is 23.8 Å². The number of rotatable bonds is 8. The van der Waals surface area contributed by atoms with Crippen LogP contribution < -0.4 is 4.74 Å². The van der Waals surface area contributed by atoms with E-state index in [2.05, 4.69) is 42.6 Å². The van der Waals surface area contributed by atoms with Crippen LogP contribution in [0.1, 0.15) is 72.6 Å². The lowest BCUT2D eigenvalue weighted by atomic mass is 9.98. The van der Waals surface area contributed by atoms with Gasteiger partial charge in [-0.1, -0.05) is 66.5 Å². The highest BCUT2D eigenvalue weighted by Gasteiger charge is 2.25. The van der Waals surface area contributed by atoms with E-state index in [4.69, 9.17) is 37.2 Å². The number of benzene rings is 3. The average molecular weight is 606 g/mol. The summed E-state index contributed by atoms with van der Waals surface area (Å²) in [5.41, 5.74) is 7.74. The Morgan fingerprint density at radius 1 is 1.00 bits per heavy atom. The molecular weight excluding hydrogens is 571 g/mol. The van der Waals surface area contributed by atoms with Gasteiger partial charge in [0.15, 0.2) is 0 Å². The van der Waals surface area contributed by atoms with E-state index in [-0.39, 0.29) is 24.5 Å². The Morgan fingerprint density at radius 3 is 2.33 bits per heavy atom. The summed E-state index contributed by atoms with van der Waals surface area (Å²) in [5, 5.41) is 6.22. The molecule has 0 atom stereocenters. The number of ether oxygens (including phenoxy) is 2. The molecular formula is C34H34Cl2N2O4. The summed E-state index contributed by atoms with van der Waals surface area (Å²) in [4.78, 5) is 12.6. The van der Waals surface area contributed by atoms with Crippen molar-refractivity contribution in [2.45, 2.75) is 60.1 Å². The third-order valence-corrected chi connectivity index (χ3v) is 8.22. The zero-order valence-corrected chi connectivity index (χ0v) is 26.4. The lowest BCUT2D eigenvalue weighted by Gasteiger charge is -2.14. The van der Waals surface area contributed by atoms with Crippen LogP contribution in [-0.4, -0.2) is 22.8 Å². The van der Waals surface area contributed by atoms with Crippen LogP contribution in [0.3, 0.4) is 0 Å². The Morgan fingerprint density at radius 2 is 1.71 bits per heavy atom. The Hall–Kier alpha value is -3.74. The summed E-state index contributed by atoms with van der Waals surface area (Å²) in [6.07, 6.45) is 0. The van der Waals surface area contributed by atoms with Gasteiger partial charge in [-0.3, -0.25) is 0 Å². The van der Waals surface area contributed by atoms with Crippen molar-refractivity contribution >= 4 is 40.1 Å². The normalized spacial score (nSPS) is 11.6. The van der Waals surface area contributed by atoms with E-state index in [1.165, 1.54) is 7.11 Å². The summed E-state index contributed by atoms with van der Waals surface area (Å²) in [6.45, 7) is 12.6. The molecule has 0 amide bonds. The van der Waals surface area contributed by atoms with Gasteiger partial charge in [0.05, 0.1) is 28.3 Å². The third-order valence-electron chi connectivity index (χ3n) is 7.59. The topological polar surface area (TPSA) is 66.5 Å². The first-order valence-electron chi connectivity index (χ1n) is 13.9. The molecule has 0 fully saturated rings. The molecule has 5 rings (SSSR count). The fourth-order valence-corrected chi connectivity index (χ4v) is 6.25. The van der Waals surface area contributed by atoms with Gasteiger partial charge < -0.3 is 18.6 Å². The highest BCUT2D eigenvalue weighted by atomic mass is 35.5. The maximum absolute atomic E-state index is 12.6. The van der Waals surface area contributed by atoms with Gasteiger partial charge >= 0.3 is 5.97 Å². The summed E-state index contributed by atoms with van der Waals surface area (Å²) in [7, 11) is 1.42. The van der Waals surface area contributed by atoms with Crippen molar-refractivity contribution in [3.63, 3.8) is 0 Å². The smallest absolute Gasteiger partial charge is 0.340 e. The van der Waals surface area contributed by atoms with Crippen LogP contribution >= 0.6 is 23.2 Å². The van der Waals surface area contributed by atoms with Crippen molar-refractivity contribution in [2.24, 2.45) is 0 Å². The highest BCUT2D eigenvalue weighted by Crippen LogP contribution is 2.39. The molecule has 5 aromatic rings. The van der Waals surface area contributed by atoms with Gasteiger partial charge in [-0.15, -0.1) is 0 Å². The second-order valence-corrected chi connectivity index (χ2v) is 11.9. The number of hydrogen-bond acceptors (Lipinski definition) is 5. The molecule has 2 aromatic heterocycles. The zero-order chi connectivity index (χ0) is 30.3. The highest BCUT2D eigenvalue weighted by molar-refractivity contribution is 6.39. The number of hydrogen-bond donors (Lipinski definition) is 0. The minimum Gasteiger partial charge on any atom is -0.489 e. The predicted molar refractivity (Wildman–Crippen MR) is 169 cm³/mol. The minimum atomic E-state index is -0.323. The third kappa shape index (κ3) is 5.30. The standard InChI is InChI=1S/C34H34Cl2N2O4/c1-18(2)33-26(32(37-42-33)31-27(35)9-8-10-28(31)36)17-41-23-12-14-24(20(5)15-23)22-11-13-25-29(16-22)38(19(3)4)21(6)30(25)34(39)40-7/h8-16,18-19H,17H2,1-7H3. The van der Waals surface area contributed by atoms with Gasteiger partial charge in [0.2, 0.25) is 0 Å². The molecule has 0 aliphatic heterocycles. The van der Waals surface area contributed by atoms with Crippen LogP contribution in [0, 0.1) is 13.8 Å². The van der Waals surface area contributed by atoms with Crippen molar-refractivity contribution in [3.05, 3.63) is 92.8 Å². The van der Waals surface area contributed by atoms with Crippen LogP contribution in [0.15, 0.2) is 59.1 Å². The van der Waals surface area contributed by atoms with E-state index in [9.17, 15) is 4.79 Å². The molecule has 42 heavy (non-hydrogen) atoms. The van der Waals surface area contributed by atoms with E-state index in [1.54, 1.807) is 18.2 Å². The molecule has 0 spiro atoms. The largest absolute Gasteiger partial charge is 0.489 e. The van der Waals surface area contributed by atoms with Crippen LogP contribution in [0.2, 0.25) is 10.0 Å². The fraction of sp³-hybridized carbons (Fsp3) is 0.294. The monoisotopic (exact) mass is 604 g/mol. The summed E-state index contributed by atoms with van der Waals surface area (Å²) in [5.74, 6) is 1.23. The van der Waals surface area contributed by atoms with Crippen molar-refractivity contribution in [2.75, 3.05) is 7.11 Å². The Kier molecular flexibility index (Phi) is 8.40. The van der Waals surface area contributed by atoms with Gasteiger partial charge in [-0.2, -0.15) is 0 Å². The Balaban J connectivity index is 1.48. The van der Waals surface area contributed by atoms with E-state index in [0.717, 1.165) is 50.4 Å². The lowest BCUT2D eigenvalue weighted by molar-refractivity contribution is 0.0601. The van der Waals surface area contributed by atoms with Crippen LogP contribution in [0.4, 0.5) is 0 Å². The number of fused-ring (bicyclic) bond motifs is 1. The number of aryl methyl sites for hydroxylation is 1.